The fraction of sp³-hybridized carbons (Fsp3) is 0.368. The average molecular weight is 419 g/mol. The molecule has 1 aromatic carbocycles. The van der Waals surface area contributed by atoms with Crippen molar-refractivity contribution in [3.63, 3.8) is 0 Å². The summed E-state index contributed by atoms with van der Waals surface area (Å²) in [7, 11) is -3.77. The molecule has 2 heterocycles. The smallest absolute Gasteiger partial charge is 0.261 e. The first-order valence-electron chi connectivity index (χ1n) is 9.05. The molecule has 0 bridgehead atoms. The lowest BCUT2D eigenvalue weighted by Gasteiger charge is -2.08. The van der Waals surface area contributed by atoms with Gasteiger partial charge in [-0.2, -0.15) is 4.98 Å². The van der Waals surface area contributed by atoms with Crippen LogP contribution in [0.1, 0.15) is 41.5 Å². The maximum Gasteiger partial charge on any atom is 0.261 e. The lowest BCUT2D eigenvalue weighted by atomic mass is 10.2. The van der Waals surface area contributed by atoms with E-state index in [-0.39, 0.29) is 17.3 Å². The predicted octanol–water partition coefficient (Wildman–Crippen LogP) is 3.76. The van der Waals surface area contributed by atoms with E-state index >= 15 is 0 Å². The molecule has 3 aromatic rings. The molecule has 0 unspecified atom stereocenters. The molecule has 0 atom stereocenters. The van der Waals surface area contributed by atoms with E-state index in [9.17, 15) is 8.42 Å². The van der Waals surface area contributed by atoms with E-state index in [1.165, 1.54) is 0 Å². The van der Waals surface area contributed by atoms with Gasteiger partial charge in [0.05, 0.1) is 5.56 Å². The van der Waals surface area contributed by atoms with Crippen molar-refractivity contribution in [2.24, 2.45) is 0 Å². The topological polar surface area (TPSA) is 101 Å². The highest BCUT2D eigenvalue weighted by molar-refractivity contribution is 7.98. The van der Waals surface area contributed by atoms with Crippen molar-refractivity contribution in [2.45, 2.75) is 48.9 Å². The van der Waals surface area contributed by atoms with Crippen LogP contribution in [-0.2, 0) is 16.6 Å². The third-order valence-corrected chi connectivity index (χ3v) is 7.13. The van der Waals surface area contributed by atoms with E-state index in [1.54, 1.807) is 18.7 Å². The second-order valence-corrected chi connectivity index (χ2v) is 9.57. The van der Waals surface area contributed by atoms with Gasteiger partial charge in [0.1, 0.15) is 4.90 Å². The van der Waals surface area contributed by atoms with Crippen molar-refractivity contribution < 1.29 is 12.9 Å². The Bertz CT molecular complexity index is 1100. The van der Waals surface area contributed by atoms with Crippen LogP contribution in [0.15, 0.2) is 38.6 Å². The number of aromatic amines is 1. The number of hydrogen-bond acceptors (Lipinski definition) is 6. The Balaban J connectivity index is 1.62. The van der Waals surface area contributed by atoms with Gasteiger partial charge in [0.15, 0.2) is 5.82 Å². The number of benzene rings is 1. The Kier molecular flexibility index (Phi) is 5.07. The summed E-state index contributed by atoms with van der Waals surface area (Å²) in [5.41, 5.74) is 2.57. The molecule has 0 spiro atoms. The molecular weight excluding hydrogens is 396 g/mol. The highest BCUT2D eigenvalue weighted by Crippen LogP contribution is 2.40. The summed E-state index contributed by atoms with van der Waals surface area (Å²) in [6.45, 7) is 3.75. The van der Waals surface area contributed by atoms with E-state index in [0.29, 0.717) is 28.7 Å². The van der Waals surface area contributed by atoms with Gasteiger partial charge >= 0.3 is 0 Å². The van der Waals surface area contributed by atoms with Gasteiger partial charge in [-0.1, -0.05) is 17.3 Å². The summed E-state index contributed by atoms with van der Waals surface area (Å²) >= 11 is 1.64. The highest BCUT2D eigenvalue weighted by atomic mass is 32.2. The largest absolute Gasteiger partial charge is 0.361 e. The first-order chi connectivity index (χ1) is 13.4. The van der Waals surface area contributed by atoms with Crippen LogP contribution in [0, 0.1) is 13.8 Å². The quantitative estimate of drug-likeness (QED) is 0.567. The fourth-order valence-electron chi connectivity index (χ4n) is 3.19. The zero-order valence-corrected chi connectivity index (χ0v) is 17.6. The Morgan fingerprint density at radius 2 is 1.93 bits per heavy atom. The van der Waals surface area contributed by atoms with Crippen LogP contribution in [-0.4, -0.2) is 29.8 Å². The summed E-state index contributed by atoms with van der Waals surface area (Å²) in [6.07, 6.45) is 4.10. The van der Waals surface area contributed by atoms with Gasteiger partial charge in [0.2, 0.25) is 10.0 Å². The number of rotatable bonds is 7. The van der Waals surface area contributed by atoms with Crippen LogP contribution < -0.4 is 4.72 Å². The van der Waals surface area contributed by atoms with Gasteiger partial charge in [-0.25, -0.2) is 13.1 Å². The van der Waals surface area contributed by atoms with Crippen molar-refractivity contribution in [3.05, 3.63) is 47.0 Å². The molecule has 2 aromatic heterocycles. The molecule has 9 heteroatoms. The van der Waals surface area contributed by atoms with Gasteiger partial charge in [0.25, 0.3) is 5.89 Å². The number of sulfonamides is 1. The van der Waals surface area contributed by atoms with Crippen LogP contribution in [0.25, 0.3) is 11.5 Å². The van der Waals surface area contributed by atoms with Crippen LogP contribution in [0.3, 0.4) is 0 Å². The molecule has 1 fully saturated rings. The van der Waals surface area contributed by atoms with Crippen LogP contribution in [0.4, 0.5) is 0 Å². The second kappa shape index (κ2) is 7.38. The van der Waals surface area contributed by atoms with Gasteiger partial charge in [-0.3, -0.25) is 0 Å². The molecule has 2 N–H and O–H groups in total. The molecule has 7 nitrogen and oxygen atoms in total. The maximum atomic E-state index is 13.1. The lowest BCUT2D eigenvalue weighted by molar-refractivity contribution is 0.421. The summed E-state index contributed by atoms with van der Waals surface area (Å²) in [5.74, 6) is 1.23. The van der Waals surface area contributed by atoms with Crippen molar-refractivity contribution in [1.82, 2.24) is 19.8 Å². The summed E-state index contributed by atoms with van der Waals surface area (Å²) in [6, 6.07) is 7.79. The summed E-state index contributed by atoms with van der Waals surface area (Å²) in [5, 5.41) is 4.02. The van der Waals surface area contributed by atoms with Crippen molar-refractivity contribution in [3.8, 4) is 11.5 Å². The molecular formula is C19H22N4O3S2. The minimum atomic E-state index is -3.77. The predicted molar refractivity (Wildman–Crippen MR) is 108 cm³/mol. The van der Waals surface area contributed by atoms with E-state index < -0.39 is 10.0 Å². The molecule has 1 aliphatic carbocycles. The van der Waals surface area contributed by atoms with E-state index in [2.05, 4.69) is 19.8 Å². The van der Waals surface area contributed by atoms with Gasteiger partial charge in [-0.15, -0.1) is 11.8 Å². The molecule has 148 valence electrons. The number of aromatic nitrogens is 3. The Morgan fingerprint density at radius 1 is 1.21 bits per heavy atom. The van der Waals surface area contributed by atoms with Crippen LogP contribution in [0.2, 0.25) is 0 Å². The third-order valence-electron chi connectivity index (χ3n) is 4.81. The SMILES string of the molecule is CSc1ccc(CNS(=O)(=O)c2c(C)[nH]c(C)c2-c2nc(C3CC3)no2)cc1. The lowest BCUT2D eigenvalue weighted by Crippen LogP contribution is -2.24. The average Bonchev–Trinajstić information content (AvgIpc) is 3.33. The molecule has 0 aliphatic heterocycles. The zero-order valence-electron chi connectivity index (χ0n) is 15.9. The van der Waals surface area contributed by atoms with Gasteiger partial charge in [0, 0.05) is 28.7 Å². The second-order valence-electron chi connectivity index (χ2n) is 6.98. The zero-order chi connectivity index (χ0) is 19.9. The Labute approximate surface area is 168 Å². The first kappa shape index (κ1) is 19.2. The van der Waals surface area contributed by atoms with Gasteiger partial charge < -0.3 is 9.51 Å². The third kappa shape index (κ3) is 3.74. The molecule has 0 amide bonds. The standard InChI is InChI=1S/C19H22N4O3S2/c1-11-16(19-22-18(23-26-19)14-6-7-14)17(12(2)21-11)28(24,25)20-10-13-4-8-15(27-3)9-5-13/h4-5,8-9,14,20-21H,6-7,10H2,1-3H3. The van der Waals surface area contributed by atoms with E-state index in [0.717, 1.165) is 23.3 Å². The van der Waals surface area contributed by atoms with E-state index in [4.69, 9.17) is 4.52 Å². The van der Waals surface area contributed by atoms with Crippen molar-refractivity contribution in [1.29, 1.82) is 0 Å². The van der Waals surface area contributed by atoms with Gasteiger partial charge in [-0.05, 0) is 50.6 Å². The normalized spacial score (nSPS) is 14.5. The Morgan fingerprint density at radius 3 is 2.57 bits per heavy atom. The number of nitrogens with one attached hydrogen (secondary N) is 2. The number of aryl methyl sites for hydroxylation is 2. The first-order valence-corrected chi connectivity index (χ1v) is 11.8. The van der Waals surface area contributed by atoms with Crippen LogP contribution >= 0.6 is 11.8 Å². The Hall–Kier alpha value is -2.10. The minimum absolute atomic E-state index is 0.164. The minimum Gasteiger partial charge on any atom is -0.361 e. The monoisotopic (exact) mass is 418 g/mol. The maximum absolute atomic E-state index is 13.1. The number of thioether (sulfide) groups is 1. The van der Waals surface area contributed by atoms with Crippen molar-refractivity contribution in [2.75, 3.05) is 6.26 Å². The van der Waals surface area contributed by atoms with E-state index in [1.807, 2.05) is 37.4 Å². The molecule has 0 saturated heterocycles. The fourth-order valence-corrected chi connectivity index (χ4v) is 5.06. The molecule has 4 rings (SSSR count). The molecule has 28 heavy (non-hydrogen) atoms. The summed E-state index contributed by atoms with van der Waals surface area (Å²) in [4.78, 5) is 8.83. The number of hydrogen-bond donors (Lipinski definition) is 2. The van der Waals surface area contributed by atoms with Crippen molar-refractivity contribution >= 4 is 21.8 Å². The molecule has 1 saturated carbocycles. The van der Waals surface area contributed by atoms with Crippen LogP contribution in [0.5, 0.6) is 0 Å². The number of H-pyrrole nitrogens is 1. The highest BCUT2D eigenvalue weighted by Gasteiger charge is 2.32. The number of nitrogens with zero attached hydrogens (tertiary/aromatic N) is 2. The molecule has 0 radical (unpaired) electrons. The summed E-state index contributed by atoms with van der Waals surface area (Å²) < 4.78 is 34.3. The molecule has 1 aliphatic rings.